The second kappa shape index (κ2) is 9.45. The summed E-state index contributed by atoms with van der Waals surface area (Å²) in [6.07, 6.45) is 0.968. The molecule has 2 N–H and O–H groups in total. The molecule has 0 unspecified atom stereocenters. The van der Waals surface area contributed by atoms with Crippen LogP contribution >= 0.6 is 27.5 Å². The van der Waals surface area contributed by atoms with Gasteiger partial charge in [-0.25, -0.2) is 0 Å². The molecule has 6 heteroatoms. The molecular weight excluding hydrogens is 392 g/mol. The molecule has 0 saturated heterocycles. The maximum absolute atomic E-state index is 11.9. The van der Waals surface area contributed by atoms with E-state index in [1.165, 1.54) is 0 Å². The van der Waals surface area contributed by atoms with Gasteiger partial charge >= 0.3 is 0 Å². The van der Waals surface area contributed by atoms with E-state index in [-0.39, 0.29) is 18.2 Å². The molecule has 2 amide bonds. The van der Waals surface area contributed by atoms with Crippen LogP contribution in [-0.2, 0) is 11.2 Å². The van der Waals surface area contributed by atoms with Crippen LogP contribution in [0.15, 0.2) is 53.0 Å². The van der Waals surface area contributed by atoms with E-state index >= 15 is 0 Å². The molecule has 0 saturated carbocycles. The van der Waals surface area contributed by atoms with Gasteiger partial charge in [-0.2, -0.15) is 0 Å². The van der Waals surface area contributed by atoms with E-state index in [0.29, 0.717) is 23.7 Å². The molecule has 0 aliphatic rings. The number of hydrogen-bond donors (Lipinski definition) is 2. The van der Waals surface area contributed by atoms with Gasteiger partial charge in [-0.05, 0) is 48.4 Å². The lowest BCUT2D eigenvalue weighted by molar-refractivity contribution is -0.120. The zero-order valence-electron chi connectivity index (χ0n) is 13.0. The van der Waals surface area contributed by atoms with Crippen LogP contribution < -0.4 is 10.6 Å². The van der Waals surface area contributed by atoms with Crippen molar-refractivity contribution in [3.8, 4) is 0 Å². The zero-order valence-corrected chi connectivity index (χ0v) is 15.4. The molecular formula is C18H18BrClN2O2. The minimum absolute atomic E-state index is 0.0897. The maximum Gasteiger partial charge on any atom is 0.251 e. The highest BCUT2D eigenvalue weighted by atomic mass is 79.9. The first-order chi connectivity index (χ1) is 11.5. The summed E-state index contributed by atoms with van der Waals surface area (Å²) >= 11 is 9.23. The lowest BCUT2D eigenvalue weighted by atomic mass is 10.1. The van der Waals surface area contributed by atoms with Gasteiger partial charge in [-0.3, -0.25) is 9.59 Å². The Balaban J connectivity index is 1.64. The Labute approximate surface area is 154 Å². The van der Waals surface area contributed by atoms with Gasteiger partial charge in [0.2, 0.25) is 5.91 Å². The third-order valence-electron chi connectivity index (χ3n) is 3.37. The van der Waals surface area contributed by atoms with Crippen molar-refractivity contribution in [3.05, 3.63) is 69.2 Å². The summed E-state index contributed by atoms with van der Waals surface area (Å²) in [5, 5.41) is 6.25. The standard InChI is InChI=1S/C18H18BrClN2O2/c19-15-6-4-14(5-7-15)18(24)22-11-9-17(23)21-10-8-13-2-1-3-16(20)12-13/h1-7,12H,8-11H2,(H,21,23)(H,22,24). The Kier molecular flexibility index (Phi) is 7.28. The summed E-state index contributed by atoms with van der Waals surface area (Å²) in [4.78, 5) is 23.7. The summed E-state index contributed by atoms with van der Waals surface area (Å²) in [7, 11) is 0. The van der Waals surface area contributed by atoms with Crippen molar-refractivity contribution in [1.82, 2.24) is 10.6 Å². The molecule has 0 aliphatic heterocycles. The quantitative estimate of drug-likeness (QED) is 0.734. The van der Waals surface area contributed by atoms with E-state index < -0.39 is 0 Å². The van der Waals surface area contributed by atoms with Gasteiger partial charge in [0.05, 0.1) is 0 Å². The van der Waals surface area contributed by atoms with Gasteiger partial charge in [0.25, 0.3) is 5.91 Å². The Hall–Kier alpha value is -1.85. The van der Waals surface area contributed by atoms with Crippen LogP contribution in [0.5, 0.6) is 0 Å². The minimum atomic E-state index is -0.186. The molecule has 0 heterocycles. The van der Waals surface area contributed by atoms with Crippen LogP contribution in [-0.4, -0.2) is 24.9 Å². The summed E-state index contributed by atoms with van der Waals surface area (Å²) in [6.45, 7) is 0.845. The first kappa shape index (κ1) is 18.5. The van der Waals surface area contributed by atoms with E-state index in [9.17, 15) is 9.59 Å². The predicted octanol–water partition coefficient (Wildman–Crippen LogP) is 3.58. The Bertz CT molecular complexity index is 704. The van der Waals surface area contributed by atoms with Crippen molar-refractivity contribution in [3.63, 3.8) is 0 Å². The fourth-order valence-corrected chi connectivity index (χ4v) is 2.60. The van der Waals surface area contributed by atoms with Crippen LogP contribution in [0.4, 0.5) is 0 Å². The highest BCUT2D eigenvalue weighted by molar-refractivity contribution is 9.10. The van der Waals surface area contributed by atoms with Gasteiger partial charge in [-0.15, -0.1) is 0 Å². The largest absolute Gasteiger partial charge is 0.356 e. The van der Waals surface area contributed by atoms with E-state index in [1.807, 2.05) is 24.3 Å². The zero-order chi connectivity index (χ0) is 17.4. The predicted molar refractivity (Wildman–Crippen MR) is 99.3 cm³/mol. The number of rotatable bonds is 7. The number of nitrogens with one attached hydrogen (secondary N) is 2. The topological polar surface area (TPSA) is 58.2 Å². The van der Waals surface area contributed by atoms with E-state index in [1.54, 1.807) is 24.3 Å². The average Bonchev–Trinajstić information content (AvgIpc) is 2.55. The Morgan fingerprint density at radius 1 is 1.00 bits per heavy atom. The van der Waals surface area contributed by atoms with Crippen LogP contribution in [0.1, 0.15) is 22.3 Å². The van der Waals surface area contributed by atoms with Crippen molar-refractivity contribution < 1.29 is 9.59 Å². The van der Waals surface area contributed by atoms with Crippen molar-refractivity contribution in [2.75, 3.05) is 13.1 Å². The molecule has 24 heavy (non-hydrogen) atoms. The first-order valence-corrected chi connectivity index (χ1v) is 8.76. The van der Waals surface area contributed by atoms with Crippen molar-refractivity contribution in [1.29, 1.82) is 0 Å². The third-order valence-corrected chi connectivity index (χ3v) is 4.13. The summed E-state index contributed by atoms with van der Waals surface area (Å²) in [5.41, 5.74) is 1.64. The van der Waals surface area contributed by atoms with E-state index in [4.69, 9.17) is 11.6 Å². The number of benzene rings is 2. The van der Waals surface area contributed by atoms with Crippen molar-refractivity contribution in [2.45, 2.75) is 12.8 Å². The molecule has 0 radical (unpaired) electrons. The molecule has 0 fully saturated rings. The average molecular weight is 410 g/mol. The van der Waals surface area contributed by atoms with E-state index in [0.717, 1.165) is 16.5 Å². The first-order valence-electron chi connectivity index (χ1n) is 7.59. The molecule has 2 rings (SSSR count). The van der Waals surface area contributed by atoms with Crippen LogP contribution in [0, 0.1) is 0 Å². The van der Waals surface area contributed by atoms with E-state index in [2.05, 4.69) is 26.6 Å². The molecule has 4 nitrogen and oxygen atoms in total. The number of halogens is 2. The summed E-state index contributed by atoms with van der Waals surface area (Å²) in [6, 6.07) is 14.6. The van der Waals surface area contributed by atoms with Crippen LogP contribution in [0.2, 0.25) is 5.02 Å². The number of hydrogen-bond acceptors (Lipinski definition) is 2. The lowest BCUT2D eigenvalue weighted by Crippen LogP contribution is -2.31. The van der Waals surface area contributed by atoms with Crippen molar-refractivity contribution in [2.24, 2.45) is 0 Å². The smallest absolute Gasteiger partial charge is 0.251 e. The molecule has 0 spiro atoms. The second-order valence-electron chi connectivity index (χ2n) is 5.24. The number of carbonyl (C=O) groups excluding carboxylic acids is 2. The van der Waals surface area contributed by atoms with Crippen molar-refractivity contribution >= 4 is 39.3 Å². The fraction of sp³-hybridized carbons (Fsp3) is 0.222. The Morgan fingerprint density at radius 2 is 1.75 bits per heavy atom. The lowest BCUT2D eigenvalue weighted by Gasteiger charge is -2.07. The van der Waals surface area contributed by atoms with Gasteiger partial charge in [0.1, 0.15) is 0 Å². The highest BCUT2D eigenvalue weighted by Gasteiger charge is 2.06. The van der Waals surface area contributed by atoms with Gasteiger partial charge in [0, 0.05) is 34.6 Å². The fourth-order valence-electron chi connectivity index (χ4n) is 2.12. The summed E-state index contributed by atoms with van der Waals surface area (Å²) < 4.78 is 0.915. The Morgan fingerprint density at radius 3 is 2.46 bits per heavy atom. The molecule has 2 aromatic carbocycles. The van der Waals surface area contributed by atoms with Gasteiger partial charge < -0.3 is 10.6 Å². The maximum atomic E-state index is 11.9. The molecule has 2 aromatic rings. The molecule has 0 aliphatic carbocycles. The molecule has 0 bridgehead atoms. The molecule has 0 aromatic heterocycles. The second-order valence-corrected chi connectivity index (χ2v) is 6.59. The highest BCUT2D eigenvalue weighted by Crippen LogP contribution is 2.11. The monoisotopic (exact) mass is 408 g/mol. The summed E-state index contributed by atoms with van der Waals surface area (Å²) in [5.74, 6) is -0.276. The molecule has 0 atom stereocenters. The number of carbonyl (C=O) groups is 2. The van der Waals surface area contributed by atoms with Gasteiger partial charge in [-0.1, -0.05) is 39.7 Å². The normalized spacial score (nSPS) is 10.2. The third kappa shape index (κ3) is 6.34. The van der Waals surface area contributed by atoms with Gasteiger partial charge in [0.15, 0.2) is 0 Å². The van der Waals surface area contributed by atoms with Crippen LogP contribution in [0.3, 0.4) is 0 Å². The van der Waals surface area contributed by atoms with Crippen LogP contribution in [0.25, 0.3) is 0 Å². The molecule has 126 valence electrons. The SMILES string of the molecule is O=C(CCNC(=O)c1ccc(Br)cc1)NCCc1cccc(Cl)c1. The minimum Gasteiger partial charge on any atom is -0.356 e. The number of amides is 2.